The van der Waals surface area contributed by atoms with E-state index in [0.717, 1.165) is 11.2 Å². The Kier molecular flexibility index (Phi) is 3.60. The standard InChI is InChI=1S/C30H24N2Si/c1-17-13-18(2)20-9-10-21-22-11-12-31-29-25-15-19-7-5-6-8-26(19)32-30(25)33(3,4)27(28(22)29)16-24(21)23(20)14-17/h5-16H,1-4H3. The minimum atomic E-state index is -2.06. The largest absolute Gasteiger partial charge is 0.257 e. The molecule has 0 saturated heterocycles. The minimum absolute atomic E-state index is 1.07. The molecule has 0 spiro atoms. The zero-order valence-electron chi connectivity index (χ0n) is 19.3. The lowest BCUT2D eigenvalue weighted by atomic mass is 9.93. The number of pyridine rings is 2. The summed E-state index contributed by atoms with van der Waals surface area (Å²) in [6.45, 7) is 9.32. The van der Waals surface area contributed by atoms with Crippen LogP contribution in [0.3, 0.4) is 0 Å². The maximum Gasteiger partial charge on any atom is 0.137 e. The van der Waals surface area contributed by atoms with E-state index < -0.39 is 8.07 Å². The number of nitrogens with zero attached hydrogens (tertiary/aromatic N) is 2. The van der Waals surface area contributed by atoms with Crippen molar-refractivity contribution >= 4 is 61.8 Å². The molecule has 7 rings (SSSR count). The zero-order valence-corrected chi connectivity index (χ0v) is 20.3. The highest BCUT2D eigenvalue weighted by atomic mass is 28.3. The van der Waals surface area contributed by atoms with Gasteiger partial charge < -0.3 is 0 Å². The number of fused-ring (bicyclic) bond motifs is 7. The van der Waals surface area contributed by atoms with E-state index in [1.165, 1.54) is 64.9 Å². The molecule has 0 N–H and O–H groups in total. The fourth-order valence-corrected chi connectivity index (χ4v) is 8.89. The maximum atomic E-state index is 5.25. The summed E-state index contributed by atoms with van der Waals surface area (Å²) in [4.78, 5) is 10.2. The summed E-state index contributed by atoms with van der Waals surface area (Å²) in [6, 6.07) is 24.7. The molecule has 0 atom stereocenters. The third kappa shape index (κ3) is 2.43. The Bertz CT molecular complexity index is 1810. The molecule has 6 aromatic rings. The summed E-state index contributed by atoms with van der Waals surface area (Å²) in [5.41, 5.74) is 6.03. The Morgan fingerprint density at radius 1 is 0.727 bits per heavy atom. The number of hydrogen-bond acceptors (Lipinski definition) is 2. The van der Waals surface area contributed by atoms with Crippen LogP contribution in [-0.4, -0.2) is 18.0 Å². The van der Waals surface area contributed by atoms with Gasteiger partial charge in [0, 0.05) is 27.8 Å². The first-order valence-corrected chi connectivity index (χ1v) is 14.6. The highest BCUT2D eigenvalue weighted by Gasteiger charge is 2.38. The highest BCUT2D eigenvalue weighted by Crippen LogP contribution is 2.38. The molecule has 0 unspecified atom stereocenters. The second-order valence-electron chi connectivity index (χ2n) is 10.0. The van der Waals surface area contributed by atoms with Gasteiger partial charge in [-0.3, -0.25) is 9.97 Å². The van der Waals surface area contributed by atoms with Crippen molar-refractivity contribution in [2.45, 2.75) is 26.9 Å². The first-order valence-electron chi connectivity index (χ1n) is 11.6. The normalized spacial score (nSPS) is 14.3. The Labute approximate surface area is 193 Å². The summed E-state index contributed by atoms with van der Waals surface area (Å²) < 4.78 is 0. The minimum Gasteiger partial charge on any atom is -0.257 e. The summed E-state index contributed by atoms with van der Waals surface area (Å²) in [7, 11) is -2.06. The van der Waals surface area contributed by atoms with E-state index in [-0.39, 0.29) is 0 Å². The van der Waals surface area contributed by atoms with Crippen LogP contribution in [-0.2, 0) is 0 Å². The van der Waals surface area contributed by atoms with Crippen molar-refractivity contribution in [3.8, 4) is 11.3 Å². The molecule has 2 nitrogen and oxygen atoms in total. The van der Waals surface area contributed by atoms with Crippen molar-refractivity contribution in [1.82, 2.24) is 9.97 Å². The van der Waals surface area contributed by atoms with Gasteiger partial charge in [0.25, 0.3) is 0 Å². The average molecular weight is 441 g/mol. The van der Waals surface area contributed by atoms with E-state index in [0.29, 0.717) is 0 Å². The predicted molar refractivity (Wildman–Crippen MR) is 144 cm³/mol. The first-order chi connectivity index (χ1) is 15.9. The van der Waals surface area contributed by atoms with Gasteiger partial charge in [-0.1, -0.05) is 67.2 Å². The molecule has 0 amide bonds. The Morgan fingerprint density at radius 3 is 2.39 bits per heavy atom. The van der Waals surface area contributed by atoms with Gasteiger partial charge >= 0.3 is 0 Å². The lowest BCUT2D eigenvalue weighted by Gasteiger charge is -2.32. The lowest BCUT2D eigenvalue weighted by Crippen LogP contribution is -2.57. The molecule has 1 aliphatic rings. The molecular formula is C30H24N2Si. The second-order valence-corrected chi connectivity index (χ2v) is 14.3. The van der Waals surface area contributed by atoms with Crippen molar-refractivity contribution in [2.24, 2.45) is 0 Å². The molecule has 0 aliphatic carbocycles. The quantitative estimate of drug-likeness (QED) is 0.199. The Morgan fingerprint density at radius 2 is 1.52 bits per heavy atom. The third-order valence-corrected chi connectivity index (χ3v) is 10.9. The molecule has 3 heteroatoms. The lowest BCUT2D eigenvalue weighted by molar-refractivity contribution is 1.34. The fourth-order valence-electron chi connectivity index (χ4n) is 5.99. The molecule has 0 radical (unpaired) electrons. The Balaban J connectivity index is 1.71. The summed E-state index contributed by atoms with van der Waals surface area (Å²) >= 11 is 0. The van der Waals surface area contributed by atoms with Gasteiger partial charge in [-0.2, -0.15) is 0 Å². The molecular weight excluding hydrogens is 416 g/mol. The van der Waals surface area contributed by atoms with E-state index in [4.69, 9.17) is 9.97 Å². The monoisotopic (exact) mass is 440 g/mol. The van der Waals surface area contributed by atoms with Gasteiger partial charge in [0.15, 0.2) is 0 Å². The van der Waals surface area contributed by atoms with Crippen LogP contribution >= 0.6 is 0 Å². The molecule has 4 aromatic carbocycles. The van der Waals surface area contributed by atoms with Crippen molar-refractivity contribution < 1.29 is 0 Å². The van der Waals surface area contributed by atoms with Crippen molar-refractivity contribution in [2.75, 3.05) is 0 Å². The van der Waals surface area contributed by atoms with Crippen LogP contribution in [0.15, 0.2) is 72.9 Å². The second kappa shape index (κ2) is 6.27. The van der Waals surface area contributed by atoms with Gasteiger partial charge in [-0.05, 0) is 69.7 Å². The molecule has 3 heterocycles. The van der Waals surface area contributed by atoms with Crippen LogP contribution in [0, 0.1) is 13.8 Å². The van der Waals surface area contributed by atoms with E-state index in [1.54, 1.807) is 0 Å². The van der Waals surface area contributed by atoms with Gasteiger partial charge in [-0.15, -0.1) is 0 Å². The van der Waals surface area contributed by atoms with Crippen LogP contribution in [0.2, 0.25) is 13.1 Å². The molecule has 2 aromatic heterocycles. The predicted octanol–water partition coefficient (Wildman–Crippen LogP) is 6.51. The van der Waals surface area contributed by atoms with Crippen LogP contribution in [0.5, 0.6) is 0 Å². The van der Waals surface area contributed by atoms with E-state index in [9.17, 15) is 0 Å². The number of aromatic nitrogens is 2. The Hall–Kier alpha value is -3.56. The van der Waals surface area contributed by atoms with Crippen LogP contribution in [0.4, 0.5) is 0 Å². The number of aryl methyl sites for hydroxylation is 2. The van der Waals surface area contributed by atoms with E-state index in [1.807, 2.05) is 6.20 Å². The first kappa shape index (κ1) is 19.0. The van der Waals surface area contributed by atoms with Gasteiger partial charge in [0.05, 0.1) is 11.2 Å². The van der Waals surface area contributed by atoms with Crippen LogP contribution < -0.4 is 10.5 Å². The molecule has 158 valence electrons. The molecule has 0 fully saturated rings. The number of benzene rings is 4. The molecule has 0 bridgehead atoms. The molecule has 0 saturated carbocycles. The summed E-state index contributed by atoms with van der Waals surface area (Å²) in [5.74, 6) is 0. The van der Waals surface area contributed by atoms with E-state index in [2.05, 4.69) is 93.7 Å². The number of para-hydroxylation sites is 1. The topological polar surface area (TPSA) is 25.8 Å². The maximum absolute atomic E-state index is 5.25. The van der Waals surface area contributed by atoms with Gasteiger partial charge in [0.2, 0.25) is 0 Å². The molecule has 1 aliphatic heterocycles. The highest BCUT2D eigenvalue weighted by molar-refractivity contribution is 7.03. The number of rotatable bonds is 0. The van der Waals surface area contributed by atoms with Gasteiger partial charge in [-0.25, -0.2) is 0 Å². The third-order valence-electron chi connectivity index (χ3n) is 7.57. The fraction of sp³-hybridized carbons (Fsp3) is 0.133. The molecule has 33 heavy (non-hydrogen) atoms. The summed E-state index contributed by atoms with van der Waals surface area (Å²) in [5, 5.41) is 11.9. The van der Waals surface area contributed by atoms with Gasteiger partial charge in [0.1, 0.15) is 8.07 Å². The zero-order chi connectivity index (χ0) is 22.5. The van der Waals surface area contributed by atoms with E-state index >= 15 is 0 Å². The van der Waals surface area contributed by atoms with Crippen molar-refractivity contribution in [1.29, 1.82) is 0 Å². The van der Waals surface area contributed by atoms with Crippen LogP contribution in [0.1, 0.15) is 11.1 Å². The van der Waals surface area contributed by atoms with Crippen LogP contribution in [0.25, 0.3) is 54.5 Å². The average Bonchev–Trinajstić information content (AvgIpc) is 2.81. The van der Waals surface area contributed by atoms with Crippen molar-refractivity contribution in [3.05, 3.63) is 84.1 Å². The van der Waals surface area contributed by atoms with Crippen molar-refractivity contribution in [3.63, 3.8) is 0 Å². The smallest absolute Gasteiger partial charge is 0.137 e. The summed E-state index contributed by atoms with van der Waals surface area (Å²) in [6.07, 6.45) is 1.98. The SMILES string of the molecule is Cc1cc(C)c2ccc3c4ccnc5c4c(cc3c2c1)[Si](C)(C)c1nc2ccccc2cc1-5. The number of hydrogen-bond donors (Lipinski definition) is 0.